The first-order valence-corrected chi connectivity index (χ1v) is 10.3. The fraction of sp³-hybridized carbons (Fsp3) is 0.316. The number of aromatic amines is 1. The number of para-hydroxylation sites is 1. The molecule has 188 valence electrons. The lowest BCUT2D eigenvalue weighted by atomic mass is 10.3. The first-order chi connectivity index (χ1) is 16.4. The standard InChI is InChI=1S/C17H14ClF3N6O4.C2H4O2/c18-9-3-1-2-4-10(9)26-11-12(23-15(26)25-7-5-22-6-8-25)27(16(30)24-13(11)28)31-14(29)17(19,20)21;1-2(3)4/h1-4,22H,5-8H2,(H,24,28,30);1H3,(H,3,4). The molecule has 16 heteroatoms. The Morgan fingerprint density at radius 1 is 1.17 bits per heavy atom. The molecule has 0 bridgehead atoms. The third kappa shape index (κ3) is 5.63. The normalized spacial score (nSPS) is 13.8. The number of anilines is 1. The highest BCUT2D eigenvalue weighted by Gasteiger charge is 2.43. The average Bonchev–Trinajstić information content (AvgIpc) is 3.17. The van der Waals surface area contributed by atoms with Crippen LogP contribution in [0.5, 0.6) is 0 Å². The molecule has 1 aromatic carbocycles. The number of nitrogens with zero attached hydrogens (tertiary/aromatic N) is 4. The molecule has 35 heavy (non-hydrogen) atoms. The number of hydrogen-bond acceptors (Lipinski definition) is 8. The van der Waals surface area contributed by atoms with Crippen LogP contribution in [0, 0.1) is 0 Å². The van der Waals surface area contributed by atoms with Gasteiger partial charge in [-0.15, -0.1) is 0 Å². The minimum absolute atomic E-state index is 0.0194. The molecule has 3 heterocycles. The van der Waals surface area contributed by atoms with Crippen LogP contribution in [-0.4, -0.2) is 68.7 Å². The van der Waals surface area contributed by atoms with Gasteiger partial charge >= 0.3 is 17.8 Å². The van der Waals surface area contributed by atoms with Crippen molar-refractivity contribution in [1.82, 2.24) is 24.6 Å². The van der Waals surface area contributed by atoms with Gasteiger partial charge in [0, 0.05) is 33.1 Å². The van der Waals surface area contributed by atoms with E-state index in [1.165, 1.54) is 4.57 Å². The number of benzene rings is 1. The van der Waals surface area contributed by atoms with Crippen molar-refractivity contribution in [2.24, 2.45) is 0 Å². The van der Waals surface area contributed by atoms with E-state index >= 15 is 0 Å². The molecule has 0 unspecified atom stereocenters. The number of imidazole rings is 1. The summed E-state index contributed by atoms with van der Waals surface area (Å²) in [6.07, 6.45) is -5.37. The second-order valence-corrected chi connectivity index (χ2v) is 7.46. The Bertz CT molecular complexity index is 1370. The zero-order chi connectivity index (χ0) is 25.9. The number of carbonyl (C=O) groups is 2. The lowest BCUT2D eigenvalue weighted by Crippen LogP contribution is -2.44. The number of halogens is 4. The van der Waals surface area contributed by atoms with Gasteiger partial charge in [0.05, 0.1) is 10.7 Å². The summed E-state index contributed by atoms with van der Waals surface area (Å²) in [7, 11) is 0. The van der Waals surface area contributed by atoms with E-state index in [-0.39, 0.29) is 21.2 Å². The van der Waals surface area contributed by atoms with Gasteiger partial charge in [-0.2, -0.15) is 18.2 Å². The van der Waals surface area contributed by atoms with Gasteiger partial charge in [0.25, 0.3) is 11.5 Å². The summed E-state index contributed by atoms with van der Waals surface area (Å²) in [4.78, 5) is 57.3. The molecule has 0 amide bonds. The van der Waals surface area contributed by atoms with Gasteiger partial charge in [-0.05, 0) is 12.1 Å². The summed E-state index contributed by atoms with van der Waals surface area (Å²) >= 11 is 6.30. The Balaban J connectivity index is 0.000000795. The second-order valence-electron chi connectivity index (χ2n) is 7.06. The minimum atomic E-state index is -5.37. The van der Waals surface area contributed by atoms with Crippen LogP contribution in [0.3, 0.4) is 0 Å². The van der Waals surface area contributed by atoms with Crippen molar-refractivity contribution in [3.05, 3.63) is 50.1 Å². The summed E-state index contributed by atoms with van der Waals surface area (Å²) in [5.74, 6) is -3.32. The van der Waals surface area contributed by atoms with Crippen molar-refractivity contribution in [3.63, 3.8) is 0 Å². The molecule has 0 atom stereocenters. The Hall–Kier alpha value is -3.85. The minimum Gasteiger partial charge on any atom is -0.481 e. The first-order valence-electron chi connectivity index (χ1n) is 9.89. The largest absolute Gasteiger partial charge is 0.493 e. The van der Waals surface area contributed by atoms with Crippen LogP contribution in [0.4, 0.5) is 19.1 Å². The summed E-state index contributed by atoms with van der Waals surface area (Å²) in [5.41, 5.74) is -2.88. The number of carboxylic acid groups (broad SMARTS) is 1. The zero-order valence-electron chi connectivity index (χ0n) is 17.9. The number of carbonyl (C=O) groups excluding carboxylic acids is 1. The predicted octanol–water partition coefficient (Wildman–Crippen LogP) is 0.547. The lowest BCUT2D eigenvalue weighted by molar-refractivity contribution is -0.199. The number of rotatable bonds is 3. The third-order valence-corrected chi connectivity index (χ3v) is 4.87. The van der Waals surface area contributed by atoms with E-state index in [1.807, 2.05) is 4.98 Å². The quantitative estimate of drug-likeness (QED) is 0.451. The highest BCUT2D eigenvalue weighted by atomic mass is 35.5. The SMILES string of the molecule is CC(=O)O.O=C(On1c(=O)[nH]c(=O)c2c1nc(N1CCNCC1)n2-c1ccccc1Cl)C(F)(F)F. The first kappa shape index (κ1) is 25.8. The fourth-order valence-electron chi connectivity index (χ4n) is 3.20. The van der Waals surface area contributed by atoms with E-state index in [1.54, 1.807) is 29.2 Å². The van der Waals surface area contributed by atoms with Crippen molar-refractivity contribution in [2.45, 2.75) is 13.1 Å². The Labute approximate surface area is 198 Å². The van der Waals surface area contributed by atoms with Gasteiger partial charge in [-0.1, -0.05) is 28.5 Å². The van der Waals surface area contributed by atoms with Crippen LogP contribution in [0.25, 0.3) is 16.9 Å². The molecular formula is C19H18ClF3N6O6. The number of nitrogens with one attached hydrogen (secondary N) is 2. The summed E-state index contributed by atoms with van der Waals surface area (Å²) in [6.45, 7) is 3.16. The van der Waals surface area contributed by atoms with Crippen LogP contribution in [0.15, 0.2) is 33.9 Å². The molecule has 3 aromatic rings. The Morgan fingerprint density at radius 3 is 2.34 bits per heavy atom. The number of piperazine rings is 1. The van der Waals surface area contributed by atoms with Crippen molar-refractivity contribution in [1.29, 1.82) is 0 Å². The number of H-pyrrole nitrogens is 1. The Morgan fingerprint density at radius 2 is 1.77 bits per heavy atom. The summed E-state index contributed by atoms with van der Waals surface area (Å²) in [5, 5.41) is 10.8. The third-order valence-electron chi connectivity index (χ3n) is 4.55. The maximum atomic E-state index is 12.7. The van der Waals surface area contributed by atoms with Gasteiger partial charge in [0.2, 0.25) is 11.6 Å². The van der Waals surface area contributed by atoms with Crippen LogP contribution in [0.2, 0.25) is 5.02 Å². The monoisotopic (exact) mass is 518 g/mol. The van der Waals surface area contributed by atoms with Crippen molar-refractivity contribution in [2.75, 3.05) is 31.1 Å². The molecule has 1 aliphatic rings. The highest BCUT2D eigenvalue weighted by Crippen LogP contribution is 2.29. The highest BCUT2D eigenvalue weighted by molar-refractivity contribution is 6.32. The van der Waals surface area contributed by atoms with Crippen LogP contribution < -0.4 is 26.3 Å². The van der Waals surface area contributed by atoms with Crippen LogP contribution in [0.1, 0.15) is 6.92 Å². The average molecular weight is 519 g/mol. The molecule has 1 fully saturated rings. The van der Waals surface area contributed by atoms with E-state index in [0.29, 0.717) is 31.9 Å². The smallest absolute Gasteiger partial charge is 0.481 e. The molecule has 3 N–H and O–H groups in total. The van der Waals surface area contributed by atoms with Crippen molar-refractivity contribution < 1.29 is 32.7 Å². The molecule has 12 nitrogen and oxygen atoms in total. The number of aromatic nitrogens is 4. The lowest BCUT2D eigenvalue weighted by Gasteiger charge is -2.28. The van der Waals surface area contributed by atoms with E-state index in [9.17, 15) is 27.6 Å². The van der Waals surface area contributed by atoms with E-state index in [2.05, 4.69) is 15.1 Å². The molecule has 2 aromatic heterocycles. The number of aliphatic carboxylic acids is 1. The van der Waals surface area contributed by atoms with E-state index in [0.717, 1.165) is 6.92 Å². The molecule has 0 aliphatic carbocycles. The summed E-state index contributed by atoms with van der Waals surface area (Å²) < 4.78 is 39.5. The van der Waals surface area contributed by atoms with E-state index < -0.39 is 35.0 Å². The fourth-order valence-corrected chi connectivity index (χ4v) is 3.42. The van der Waals surface area contributed by atoms with Gasteiger partial charge in [-0.25, -0.2) is 9.59 Å². The molecule has 0 radical (unpaired) electrons. The molecule has 0 spiro atoms. The number of carboxylic acids is 1. The Kier molecular flexibility index (Phi) is 7.50. The number of fused-ring (bicyclic) bond motifs is 1. The molecule has 0 saturated carbocycles. The maximum Gasteiger partial charge on any atom is 0.493 e. The predicted molar refractivity (Wildman–Crippen MR) is 117 cm³/mol. The van der Waals surface area contributed by atoms with Gasteiger partial charge in [0.1, 0.15) is 0 Å². The maximum absolute atomic E-state index is 12.7. The summed E-state index contributed by atoms with van der Waals surface area (Å²) in [6, 6.07) is 6.42. The zero-order valence-corrected chi connectivity index (χ0v) is 18.7. The van der Waals surface area contributed by atoms with Crippen LogP contribution >= 0.6 is 11.6 Å². The topological polar surface area (TPSA) is 152 Å². The van der Waals surface area contributed by atoms with Crippen molar-refractivity contribution >= 4 is 40.7 Å². The molecule has 4 rings (SSSR count). The van der Waals surface area contributed by atoms with Gasteiger partial charge < -0.3 is 20.2 Å². The number of hydrogen-bond donors (Lipinski definition) is 3. The molecule has 1 saturated heterocycles. The van der Waals surface area contributed by atoms with Gasteiger partial charge in [0.15, 0.2) is 5.52 Å². The van der Waals surface area contributed by atoms with Crippen molar-refractivity contribution in [3.8, 4) is 5.69 Å². The van der Waals surface area contributed by atoms with E-state index in [4.69, 9.17) is 21.5 Å². The molecular weight excluding hydrogens is 501 g/mol. The van der Waals surface area contributed by atoms with Gasteiger partial charge in [-0.3, -0.25) is 19.1 Å². The molecule has 1 aliphatic heterocycles. The second kappa shape index (κ2) is 10.2. The van der Waals surface area contributed by atoms with Crippen LogP contribution in [-0.2, 0) is 9.59 Å². The number of alkyl halides is 3.